The van der Waals surface area contributed by atoms with E-state index in [9.17, 15) is 0 Å². The van der Waals surface area contributed by atoms with Crippen molar-refractivity contribution in [2.24, 2.45) is 11.8 Å². The molecule has 1 aromatic carbocycles. The smallest absolute Gasteiger partial charge is 0.0460 e. The monoisotopic (exact) mass is 226 g/mol. The van der Waals surface area contributed by atoms with E-state index in [2.05, 4.69) is 19.3 Å². The molecule has 0 amide bonds. The highest BCUT2D eigenvalue weighted by atomic mass is 35.5. The zero-order valence-electron chi connectivity index (χ0n) is 9.33. The van der Waals surface area contributed by atoms with Gasteiger partial charge in [-0.3, -0.25) is 11.3 Å². The van der Waals surface area contributed by atoms with Crippen LogP contribution >= 0.6 is 11.6 Å². The summed E-state index contributed by atoms with van der Waals surface area (Å²) in [7, 11) is 0. The first-order chi connectivity index (χ1) is 7.13. The molecule has 0 aliphatic heterocycles. The SMILES string of the molecule is CC(C)CCC(NN)c1ccc(Cl)cc1. The largest absolute Gasteiger partial charge is 0.271 e. The average Bonchev–Trinajstić information content (AvgIpc) is 2.21. The summed E-state index contributed by atoms with van der Waals surface area (Å²) in [6.45, 7) is 4.44. The second kappa shape index (κ2) is 6.11. The third-order valence-electron chi connectivity index (χ3n) is 2.51. The minimum atomic E-state index is 0.227. The lowest BCUT2D eigenvalue weighted by Gasteiger charge is -2.17. The number of benzene rings is 1. The molecule has 1 atom stereocenters. The quantitative estimate of drug-likeness (QED) is 0.597. The van der Waals surface area contributed by atoms with Crippen molar-refractivity contribution < 1.29 is 0 Å². The van der Waals surface area contributed by atoms with Crippen LogP contribution in [0.25, 0.3) is 0 Å². The number of hydrazine groups is 1. The maximum absolute atomic E-state index is 5.84. The Labute approximate surface area is 96.8 Å². The van der Waals surface area contributed by atoms with E-state index in [1.54, 1.807) is 0 Å². The lowest BCUT2D eigenvalue weighted by Crippen LogP contribution is -2.28. The van der Waals surface area contributed by atoms with Gasteiger partial charge >= 0.3 is 0 Å². The molecule has 1 unspecified atom stereocenters. The summed E-state index contributed by atoms with van der Waals surface area (Å²) in [5.41, 5.74) is 4.05. The van der Waals surface area contributed by atoms with E-state index in [1.165, 1.54) is 5.56 Å². The van der Waals surface area contributed by atoms with Crippen LogP contribution in [0, 0.1) is 5.92 Å². The summed E-state index contributed by atoms with van der Waals surface area (Å²) in [4.78, 5) is 0. The third-order valence-corrected chi connectivity index (χ3v) is 2.76. The molecule has 15 heavy (non-hydrogen) atoms. The van der Waals surface area contributed by atoms with Crippen LogP contribution in [-0.2, 0) is 0 Å². The van der Waals surface area contributed by atoms with Gasteiger partial charge in [-0.2, -0.15) is 0 Å². The van der Waals surface area contributed by atoms with Crippen molar-refractivity contribution >= 4 is 11.6 Å². The predicted molar refractivity (Wildman–Crippen MR) is 65.6 cm³/mol. The van der Waals surface area contributed by atoms with Gasteiger partial charge in [0.2, 0.25) is 0 Å². The number of nitrogens with two attached hydrogens (primary N) is 1. The van der Waals surface area contributed by atoms with Crippen molar-refractivity contribution in [2.75, 3.05) is 0 Å². The minimum Gasteiger partial charge on any atom is -0.271 e. The Bertz CT molecular complexity index is 282. The van der Waals surface area contributed by atoms with Gasteiger partial charge in [0.15, 0.2) is 0 Å². The average molecular weight is 227 g/mol. The molecule has 0 saturated heterocycles. The van der Waals surface area contributed by atoms with Crippen molar-refractivity contribution in [1.82, 2.24) is 5.43 Å². The van der Waals surface area contributed by atoms with Crippen molar-refractivity contribution in [3.63, 3.8) is 0 Å². The summed E-state index contributed by atoms with van der Waals surface area (Å²) < 4.78 is 0. The van der Waals surface area contributed by atoms with E-state index in [1.807, 2.05) is 24.3 Å². The zero-order valence-corrected chi connectivity index (χ0v) is 10.1. The summed E-state index contributed by atoms with van der Waals surface area (Å²) in [5, 5.41) is 0.762. The van der Waals surface area contributed by atoms with Crippen LogP contribution in [0.2, 0.25) is 5.02 Å². The number of nitrogens with one attached hydrogen (secondary N) is 1. The lowest BCUT2D eigenvalue weighted by atomic mass is 9.98. The summed E-state index contributed by atoms with van der Waals surface area (Å²) >= 11 is 5.84. The van der Waals surface area contributed by atoms with Gasteiger partial charge in [0, 0.05) is 11.1 Å². The summed E-state index contributed by atoms with van der Waals surface area (Å²) in [6.07, 6.45) is 2.22. The van der Waals surface area contributed by atoms with Crippen LogP contribution < -0.4 is 11.3 Å². The van der Waals surface area contributed by atoms with Gasteiger partial charge in [-0.05, 0) is 36.5 Å². The van der Waals surface area contributed by atoms with Gasteiger partial charge in [0.1, 0.15) is 0 Å². The first-order valence-electron chi connectivity index (χ1n) is 5.35. The first-order valence-corrected chi connectivity index (χ1v) is 5.73. The fraction of sp³-hybridized carbons (Fsp3) is 0.500. The van der Waals surface area contributed by atoms with E-state index < -0.39 is 0 Å². The molecular formula is C12H19ClN2. The molecule has 0 bridgehead atoms. The van der Waals surface area contributed by atoms with Crippen LogP contribution in [0.1, 0.15) is 38.3 Å². The Morgan fingerprint density at radius 2 is 1.80 bits per heavy atom. The van der Waals surface area contributed by atoms with Gasteiger partial charge in [-0.1, -0.05) is 37.6 Å². The number of hydrogen-bond acceptors (Lipinski definition) is 2. The predicted octanol–water partition coefficient (Wildman–Crippen LogP) is 3.28. The normalized spacial score (nSPS) is 13.1. The van der Waals surface area contributed by atoms with Crippen LogP contribution in [-0.4, -0.2) is 0 Å². The lowest BCUT2D eigenvalue weighted by molar-refractivity contribution is 0.448. The van der Waals surface area contributed by atoms with Crippen LogP contribution in [0.3, 0.4) is 0 Å². The molecule has 0 radical (unpaired) electrons. The van der Waals surface area contributed by atoms with E-state index in [0.717, 1.165) is 17.9 Å². The number of halogens is 1. The second-order valence-electron chi connectivity index (χ2n) is 4.24. The molecule has 0 spiro atoms. The zero-order chi connectivity index (χ0) is 11.3. The Hall–Kier alpha value is -0.570. The summed E-state index contributed by atoms with van der Waals surface area (Å²) in [6, 6.07) is 8.07. The molecule has 1 rings (SSSR count). The molecule has 0 saturated carbocycles. The van der Waals surface area contributed by atoms with E-state index in [4.69, 9.17) is 17.4 Å². The first kappa shape index (κ1) is 12.5. The van der Waals surface area contributed by atoms with E-state index in [-0.39, 0.29) is 6.04 Å². The van der Waals surface area contributed by atoms with Crippen molar-refractivity contribution in [3.8, 4) is 0 Å². The van der Waals surface area contributed by atoms with Crippen LogP contribution in [0.4, 0.5) is 0 Å². The fourth-order valence-electron chi connectivity index (χ4n) is 1.54. The molecule has 3 heteroatoms. The fourth-order valence-corrected chi connectivity index (χ4v) is 1.67. The molecule has 84 valence electrons. The molecular weight excluding hydrogens is 208 g/mol. The molecule has 1 aromatic rings. The van der Waals surface area contributed by atoms with Crippen molar-refractivity contribution in [2.45, 2.75) is 32.7 Å². The maximum atomic E-state index is 5.84. The number of rotatable bonds is 5. The second-order valence-corrected chi connectivity index (χ2v) is 4.68. The van der Waals surface area contributed by atoms with Gasteiger partial charge in [0.25, 0.3) is 0 Å². The van der Waals surface area contributed by atoms with E-state index >= 15 is 0 Å². The standard InChI is InChI=1S/C12H19ClN2/c1-9(2)3-8-12(15-14)10-4-6-11(13)7-5-10/h4-7,9,12,15H,3,8,14H2,1-2H3. The Balaban J connectivity index is 2.61. The molecule has 0 aliphatic carbocycles. The third kappa shape index (κ3) is 4.20. The highest BCUT2D eigenvalue weighted by Gasteiger charge is 2.09. The molecule has 0 fully saturated rings. The van der Waals surface area contributed by atoms with Gasteiger partial charge in [0.05, 0.1) is 0 Å². The Morgan fingerprint density at radius 3 is 2.27 bits per heavy atom. The van der Waals surface area contributed by atoms with E-state index in [0.29, 0.717) is 5.92 Å². The molecule has 0 aliphatic rings. The Morgan fingerprint density at radius 1 is 1.20 bits per heavy atom. The van der Waals surface area contributed by atoms with Crippen LogP contribution in [0.15, 0.2) is 24.3 Å². The van der Waals surface area contributed by atoms with Crippen molar-refractivity contribution in [1.29, 1.82) is 0 Å². The molecule has 2 nitrogen and oxygen atoms in total. The molecule has 0 aromatic heterocycles. The molecule has 3 N–H and O–H groups in total. The highest BCUT2D eigenvalue weighted by molar-refractivity contribution is 6.30. The maximum Gasteiger partial charge on any atom is 0.0460 e. The van der Waals surface area contributed by atoms with Crippen LogP contribution in [0.5, 0.6) is 0 Å². The Kier molecular flexibility index (Phi) is 5.09. The summed E-state index contributed by atoms with van der Waals surface area (Å²) in [5.74, 6) is 6.25. The van der Waals surface area contributed by atoms with Gasteiger partial charge in [-0.15, -0.1) is 0 Å². The molecule has 0 heterocycles. The topological polar surface area (TPSA) is 38.0 Å². The van der Waals surface area contributed by atoms with Gasteiger partial charge < -0.3 is 0 Å². The van der Waals surface area contributed by atoms with Gasteiger partial charge in [-0.25, -0.2) is 0 Å². The number of hydrogen-bond donors (Lipinski definition) is 2. The van der Waals surface area contributed by atoms with Crippen molar-refractivity contribution in [3.05, 3.63) is 34.9 Å². The highest BCUT2D eigenvalue weighted by Crippen LogP contribution is 2.21. The minimum absolute atomic E-state index is 0.227.